The molecule has 2 nitrogen and oxygen atoms in total. The van der Waals surface area contributed by atoms with Gasteiger partial charge in [-0.2, -0.15) is 0 Å². The van der Waals surface area contributed by atoms with Crippen molar-refractivity contribution in [2.45, 2.75) is 38.5 Å². The van der Waals surface area contributed by atoms with Gasteiger partial charge in [-0.15, -0.1) is 0 Å². The van der Waals surface area contributed by atoms with Gasteiger partial charge < -0.3 is 11.1 Å². The van der Waals surface area contributed by atoms with E-state index in [1.807, 2.05) is 42.5 Å². The molecule has 0 spiro atoms. The quantitative estimate of drug-likeness (QED) is 0.136. The number of hydrogen-bond acceptors (Lipinski definition) is 2. The van der Waals surface area contributed by atoms with Crippen LogP contribution in [-0.2, 0) is 10.8 Å². The first-order valence-electron chi connectivity index (χ1n) is 28.0. The number of anilines is 3. The summed E-state index contributed by atoms with van der Waals surface area (Å²) in [5.41, 5.74) is 24.4. The van der Waals surface area contributed by atoms with Gasteiger partial charge in [0.1, 0.15) is 0 Å². The predicted octanol–water partition coefficient (Wildman–Crippen LogP) is 22.0. The van der Waals surface area contributed by atoms with Crippen LogP contribution < -0.4 is 11.1 Å². The van der Waals surface area contributed by atoms with Crippen LogP contribution >= 0.6 is 15.9 Å². The molecule has 0 saturated heterocycles. The monoisotopic (exact) mass is 1100 g/mol. The summed E-state index contributed by atoms with van der Waals surface area (Å²) in [7, 11) is 0. The molecule has 16 rings (SSSR count). The molecule has 388 valence electrons. The highest BCUT2D eigenvalue weighted by atomic mass is 79.9. The third-order valence-corrected chi connectivity index (χ3v) is 17.8. The molecule has 0 atom stereocenters. The third kappa shape index (κ3) is 8.63. The van der Waals surface area contributed by atoms with Crippen molar-refractivity contribution in [1.82, 2.24) is 0 Å². The summed E-state index contributed by atoms with van der Waals surface area (Å²) in [6.45, 7) is 9.43. The standard InChI is InChI=1S/C39H29N.C27H19Br.C12H11N/c1-39(2)37-22-28(40-27-18-16-26(17-19-27)25-10-4-3-5-11-25)20-21-33(37)36-23-34-31-14-8-6-12-29(31)30-13-7-9-15-32(30)35(34)24-38(36)39;1-27(2)25-13-16(28)11-12-21(25)24-14-22-19-9-5-3-7-17(19)18-8-4-6-10-20(18)23(22)15-26(24)27;13-12-8-6-11(7-9-12)10-4-2-1-3-5-10/h3-24,40H,1-2H3;3-15H,1-2H3;1-9H,13H2. The maximum Gasteiger partial charge on any atom is 0.0387 e. The highest BCUT2D eigenvalue weighted by Gasteiger charge is 2.37. The molecule has 3 heteroatoms. The van der Waals surface area contributed by atoms with Gasteiger partial charge in [-0.3, -0.25) is 0 Å². The summed E-state index contributed by atoms with van der Waals surface area (Å²) in [5.74, 6) is 0. The molecule has 0 amide bonds. The number of fused-ring (bicyclic) bond motifs is 18. The molecule has 0 radical (unpaired) electrons. The highest BCUT2D eigenvalue weighted by Crippen LogP contribution is 2.54. The van der Waals surface area contributed by atoms with Gasteiger partial charge in [0.05, 0.1) is 0 Å². The Labute approximate surface area is 482 Å². The smallest absolute Gasteiger partial charge is 0.0387 e. The van der Waals surface area contributed by atoms with Crippen LogP contribution in [0.1, 0.15) is 49.9 Å². The molecule has 2 aliphatic rings. The third-order valence-electron chi connectivity index (χ3n) is 17.3. The molecule has 0 aliphatic heterocycles. The van der Waals surface area contributed by atoms with E-state index < -0.39 is 0 Å². The average Bonchev–Trinajstić information content (AvgIpc) is 3.91. The van der Waals surface area contributed by atoms with Gasteiger partial charge in [0.2, 0.25) is 0 Å². The van der Waals surface area contributed by atoms with Crippen LogP contribution in [0.4, 0.5) is 17.1 Å². The van der Waals surface area contributed by atoms with E-state index in [1.54, 1.807) is 0 Å². The minimum Gasteiger partial charge on any atom is -0.399 e. The van der Waals surface area contributed by atoms with Gasteiger partial charge in [0.25, 0.3) is 0 Å². The lowest BCUT2D eigenvalue weighted by molar-refractivity contribution is 0.661. The van der Waals surface area contributed by atoms with Gasteiger partial charge in [0, 0.05) is 32.4 Å². The van der Waals surface area contributed by atoms with Gasteiger partial charge >= 0.3 is 0 Å². The number of nitrogen functional groups attached to an aromatic ring is 1. The van der Waals surface area contributed by atoms with Gasteiger partial charge in [-0.05, 0) is 204 Å². The summed E-state index contributed by atoms with van der Waals surface area (Å²) >= 11 is 3.67. The number of rotatable bonds is 4. The summed E-state index contributed by atoms with van der Waals surface area (Å²) in [4.78, 5) is 0. The highest BCUT2D eigenvalue weighted by molar-refractivity contribution is 9.10. The number of nitrogens with one attached hydrogen (secondary N) is 1. The molecule has 81 heavy (non-hydrogen) atoms. The first kappa shape index (κ1) is 50.0. The molecule has 3 N–H and O–H groups in total. The van der Waals surface area contributed by atoms with E-state index in [1.165, 1.54) is 131 Å². The summed E-state index contributed by atoms with van der Waals surface area (Å²) < 4.78 is 1.15. The number of hydrogen-bond donors (Lipinski definition) is 2. The van der Waals surface area contributed by atoms with Gasteiger partial charge in [-0.1, -0.05) is 238 Å². The zero-order valence-corrected chi connectivity index (χ0v) is 47.4. The fraction of sp³-hybridized carbons (Fsp3) is 0.0769. The Morgan fingerprint density at radius 1 is 0.272 bits per heavy atom. The summed E-state index contributed by atoms with van der Waals surface area (Å²) in [6, 6.07) is 96.1. The van der Waals surface area contributed by atoms with E-state index in [2.05, 4.69) is 273 Å². The van der Waals surface area contributed by atoms with Crippen LogP contribution in [0.15, 0.2) is 271 Å². The first-order valence-corrected chi connectivity index (χ1v) is 28.8. The second kappa shape index (κ2) is 19.8. The van der Waals surface area contributed by atoms with Crippen LogP contribution in [0.2, 0.25) is 0 Å². The Hall–Kier alpha value is -9.28. The van der Waals surface area contributed by atoms with Crippen LogP contribution in [0.3, 0.4) is 0 Å². The molecule has 14 aromatic rings. The van der Waals surface area contributed by atoms with Crippen LogP contribution in [0.5, 0.6) is 0 Å². The first-order chi connectivity index (χ1) is 39.5. The Morgan fingerprint density at radius 2 is 0.580 bits per heavy atom. The molecule has 0 heterocycles. The van der Waals surface area contributed by atoms with E-state index in [0.29, 0.717) is 0 Å². The van der Waals surface area contributed by atoms with Crippen molar-refractivity contribution in [3.63, 3.8) is 0 Å². The van der Waals surface area contributed by atoms with Crippen molar-refractivity contribution >= 4 is 97.6 Å². The van der Waals surface area contributed by atoms with E-state index in [-0.39, 0.29) is 10.8 Å². The van der Waals surface area contributed by atoms with E-state index in [4.69, 9.17) is 5.73 Å². The van der Waals surface area contributed by atoms with Crippen molar-refractivity contribution in [2.24, 2.45) is 0 Å². The number of nitrogens with two attached hydrogens (primary N) is 1. The van der Waals surface area contributed by atoms with Crippen molar-refractivity contribution in [3.05, 3.63) is 294 Å². The molecule has 0 unspecified atom stereocenters. The zero-order chi connectivity index (χ0) is 55.0. The molecule has 2 aliphatic carbocycles. The summed E-state index contributed by atoms with van der Waals surface area (Å²) in [6.07, 6.45) is 0. The molecule has 0 saturated carbocycles. The molecule has 0 fully saturated rings. The number of halogens is 1. The van der Waals surface area contributed by atoms with Gasteiger partial charge in [0.15, 0.2) is 0 Å². The molecule has 0 bridgehead atoms. The Morgan fingerprint density at radius 3 is 1.00 bits per heavy atom. The van der Waals surface area contributed by atoms with Crippen molar-refractivity contribution in [2.75, 3.05) is 11.1 Å². The van der Waals surface area contributed by atoms with Crippen molar-refractivity contribution < 1.29 is 0 Å². The van der Waals surface area contributed by atoms with Gasteiger partial charge in [-0.25, -0.2) is 0 Å². The maximum atomic E-state index is 5.60. The Kier molecular flexibility index (Phi) is 12.2. The molecular formula is C78H59BrN2. The van der Waals surface area contributed by atoms with Crippen LogP contribution in [0.25, 0.3) is 109 Å². The van der Waals surface area contributed by atoms with Crippen molar-refractivity contribution in [1.29, 1.82) is 0 Å². The maximum absolute atomic E-state index is 5.60. The second-order valence-electron chi connectivity index (χ2n) is 22.8. The van der Waals surface area contributed by atoms with E-state index >= 15 is 0 Å². The number of benzene rings is 14. The Balaban J connectivity index is 0.000000124. The normalized spacial score (nSPS) is 13.2. The second-order valence-corrected chi connectivity index (χ2v) is 23.7. The van der Waals surface area contributed by atoms with E-state index in [0.717, 1.165) is 21.5 Å². The van der Waals surface area contributed by atoms with Crippen LogP contribution in [-0.4, -0.2) is 0 Å². The largest absolute Gasteiger partial charge is 0.399 e. The van der Waals surface area contributed by atoms with Crippen molar-refractivity contribution in [3.8, 4) is 44.5 Å². The molecular weight excluding hydrogens is 1040 g/mol. The van der Waals surface area contributed by atoms with Crippen LogP contribution in [0, 0.1) is 0 Å². The minimum absolute atomic E-state index is 0.00458. The predicted molar refractivity (Wildman–Crippen MR) is 352 cm³/mol. The Bertz CT molecular complexity index is 4770. The van der Waals surface area contributed by atoms with E-state index in [9.17, 15) is 0 Å². The SMILES string of the molecule is CC1(C)c2cc(Br)ccc2-c2cc3c4ccccc4c4ccccc4c3cc21.CC1(C)c2cc(Nc3ccc(-c4ccccc4)cc3)ccc2-c2cc3c4ccccc4c4ccccc4c3cc21.Nc1ccc(-c2ccccc2)cc1. The fourth-order valence-corrected chi connectivity index (χ4v) is 13.5. The topological polar surface area (TPSA) is 38.0 Å². The lowest BCUT2D eigenvalue weighted by Crippen LogP contribution is -2.15. The molecule has 14 aromatic carbocycles. The molecule has 0 aromatic heterocycles. The lowest BCUT2D eigenvalue weighted by Gasteiger charge is -2.23. The fourth-order valence-electron chi connectivity index (χ4n) is 13.2. The minimum atomic E-state index is -0.0968. The lowest BCUT2D eigenvalue weighted by atomic mass is 9.81. The average molecular weight is 1100 g/mol. The summed E-state index contributed by atoms with van der Waals surface area (Å²) in [5, 5.41) is 19.7. The zero-order valence-electron chi connectivity index (χ0n) is 45.9.